The van der Waals surface area contributed by atoms with Crippen molar-refractivity contribution in [2.45, 2.75) is 174 Å². The summed E-state index contributed by atoms with van der Waals surface area (Å²) in [5.74, 6) is -3.58. The number of nitrogen functional groups attached to an aromatic ring is 3. The van der Waals surface area contributed by atoms with Gasteiger partial charge in [0.25, 0.3) is 0 Å². The Bertz CT molecular complexity index is 5520. The number of alkyl halides is 9. The Morgan fingerprint density at radius 1 is 0.422 bits per heavy atom. The molecule has 0 saturated carbocycles. The van der Waals surface area contributed by atoms with Gasteiger partial charge in [-0.05, 0) is 146 Å². The van der Waals surface area contributed by atoms with Crippen LogP contribution in [0.2, 0.25) is 15.5 Å². The first kappa shape index (κ1) is 101. The lowest BCUT2D eigenvalue weighted by molar-refractivity contribution is -0.206. The highest BCUT2D eigenvalue weighted by molar-refractivity contribution is 6.62. The molecule has 678 valence electrons. The summed E-state index contributed by atoms with van der Waals surface area (Å²) in [5, 5.41) is 33.3. The van der Waals surface area contributed by atoms with Gasteiger partial charge < -0.3 is 71.4 Å². The number of carbonyl (C=O) groups excluding carboxylic acids is 2. The zero-order valence-electron chi connectivity index (χ0n) is 71.5. The lowest BCUT2D eigenvalue weighted by Gasteiger charge is -2.32. The molecule has 12 rings (SSSR count). The third kappa shape index (κ3) is 31.3. The predicted octanol–water partition coefficient (Wildman–Crippen LogP) is 20.4. The molecule has 37 heteroatoms. The molecule has 1 fully saturated rings. The number of anilines is 3. The van der Waals surface area contributed by atoms with E-state index in [9.17, 15) is 68.9 Å². The minimum Gasteiger partial charge on any atom is -0.480 e. The van der Waals surface area contributed by atoms with Crippen LogP contribution >= 0.6 is 34.8 Å². The second-order valence-corrected chi connectivity index (χ2v) is 33.4. The Morgan fingerprint density at radius 2 is 0.742 bits per heavy atom. The summed E-state index contributed by atoms with van der Waals surface area (Å²) in [4.78, 5) is 69.6. The number of hydrogen-bond acceptors (Lipinski definition) is 20. The van der Waals surface area contributed by atoms with Crippen molar-refractivity contribution in [1.29, 1.82) is 0 Å². The van der Waals surface area contributed by atoms with Gasteiger partial charge in [0.1, 0.15) is 38.7 Å². The molecule has 0 radical (unpaired) electrons. The molecular weight excluding hydrogens is 1740 g/mol. The van der Waals surface area contributed by atoms with Crippen LogP contribution in [0, 0.1) is 20.8 Å². The van der Waals surface area contributed by atoms with E-state index in [-0.39, 0.29) is 80.3 Å². The fourth-order valence-electron chi connectivity index (χ4n) is 12.0. The number of carboxylic acids is 2. The van der Waals surface area contributed by atoms with Crippen molar-refractivity contribution in [2.75, 3.05) is 17.2 Å². The van der Waals surface area contributed by atoms with Gasteiger partial charge in [0.2, 0.25) is 41.8 Å². The number of aryl methyl sites for hydroxylation is 3. The van der Waals surface area contributed by atoms with E-state index < -0.39 is 103 Å². The van der Waals surface area contributed by atoms with Crippen molar-refractivity contribution in [3.05, 3.63) is 272 Å². The number of carboxylic acid groups (broad SMARTS) is 2. The first-order valence-corrected chi connectivity index (χ1v) is 40.3. The van der Waals surface area contributed by atoms with Crippen LogP contribution in [0.25, 0.3) is 44.6 Å². The van der Waals surface area contributed by atoms with Crippen molar-refractivity contribution >= 4 is 89.4 Å². The van der Waals surface area contributed by atoms with Gasteiger partial charge in [0, 0.05) is 47.7 Å². The molecule has 8 aromatic carbocycles. The molecule has 2 amide bonds. The Balaban J connectivity index is 0.000000212. The fraction of sp³-hybridized carbons (Fsp3) is 0.297. The van der Waals surface area contributed by atoms with Crippen molar-refractivity contribution in [2.24, 2.45) is 0 Å². The number of benzene rings is 8. The van der Waals surface area contributed by atoms with Crippen LogP contribution in [0.5, 0.6) is 11.8 Å². The molecule has 5 atom stereocenters. The largest absolute Gasteiger partial charge is 0.494 e. The number of ether oxygens (including phenoxy) is 4. The maximum atomic E-state index is 14.2. The molecule has 3 aromatic heterocycles. The fourth-order valence-corrected chi connectivity index (χ4v) is 12.6. The molecule has 0 aliphatic carbocycles. The Morgan fingerprint density at radius 3 is 1.06 bits per heavy atom. The van der Waals surface area contributed by atoms with Crippen molar-refractivity contribution in [3.63, 3.8) is 0 Å². The molecule has 128 heavy (non-hydrogen) atoms. The molecule has 0 spiro atoms. The maximum Gasteiger partial charge on any atom is 0.494 e. The second-order valence-electron chi connectivity index (χ2n) is 32.2. The van der Waals surface area contributed by atoms with Gasteiger partial charge in [-0.1, -0.05) is 246 Å². The molecule has 11 aromatic rings. The quantitative estimate of drug-likeness (QED) is 0.0200. The monoisotopic (exact) mass is 1840 g/mol. The normalized spacial score (nSPS) is 14.1. The highest BCUT2D eigenvalue weighted by Crippen LogP contribution is 2.42. The van der Waals surface area contributed by atoms with Gasteiger partial charge in [-0.25, -0.2) is 39.1 Å². The first-order chi connectivity index (χ1) is 59.5. The number of aromatic nitrogens is 6. The van der Waals surface area contributed by atoms with E-state index in [2.05, 4.69) is 40.5 Å². The highest BCUT2D eigenvalue weighted by Gasteiger charge is 2.52. The molecule has 0 bridgehead atoms. The SMILES string of the molecule is CC(C)(C)OC(=O)N[C@@H](Cc1ccc(B2OC(C)(C)C(C)(C)O2)cc1)C(=O)O.Cc1cccc(-c2ccc([C@@H](O)C(F)(F)F)cc2)c1.Cc1cccc(-c2ccc([C@@H](Oc3cc(-c4ccc(C[C@H](NC(=O)OC(C)(C)C)C(=O)O)cc4)nc(N)n3)C(F)(F)F)cc2)c1.Cc1cccc(-c2ccc([C@@H](Oc3cc(Cl)nc(N)n3)C(F)(F)F)cc2)c1.Nc1nc(Cl)cc(Cl)n1. The van der Waals surface area contributed by atoms with E-state index in [0.717, 1.165) is 67.2 Å². The van der Waals surface area contributed by atoms with Crippen molar-refractivity contribution in [1.82, 2.24) is 40.5 Å². The van der Waals surface area contributed by atoms with Gasteiger partial charge in [-0.2, -0.15) is 49.5 Å². The van der Waals surface area contributed by atoms with Crippen LogP contribution in [0.3, 0.4) is 0 Å². The lowest BCUT2D eigenvalue weighted by Crippen LogP contribution is -2.44. The topological polar surface area (TPSA) is 364 Å². The lowest BCUT2D eigenvalue weighted by atomic mass is 9.78. The van der Waals surface area contributed by atoms with Crippen LogP contribution in [0.15, 0.2) is 212 Å². The van der Waals surface area contributed by atoms with Crippen LogP contribution in [-0.4, -0.2) is 129 Å². The Labute approximate surface area is 748 Å². The van der Waals surface area contributed by atoms with Gasteiger partial charge in [-0.3, -0.25) is 0 Å². The smallest absolute Gasteiger partial charge is 0.480 e. The van der Waals surface area contributed by atoms with Gasteiger partial charge in [-0.15, -0.1) is 0 Å². The Hall–Kier alpha value is -12.3. The standard InChI is InChI=1S/C33H33F3N4O5.C20H30BNO6.C19H15ClF3N3O.C15H13F3O.C4H3Cl2N3/c1-19-6-5-7-24(16-19)21-12-14-23(15-13-21)28(33(34,35)36)44-27-18-25(38-30(37)40-27)22-10-8-20(9-11-22)17-26(29(41)42)39-31(43)45-32(2,3)4;1-18(2,3)26-17(25)22-15(16(23)24)12-13-8-10-14(11-9-13)21-27-19(4,5)20(6,7)28-21;1-11-3-2-4-14(9-11)12-5-7-13(8-6-12)17(19(21,22)23)27-16-10-15(20)25-18(24)26-16;1-10-3-2-4-13(9-10)11-5-7-12(8-6-11)14(19)15(16,17)18;5-2-1-3(6)9-4(7)8-2/h5-16,18,26,28H,17H2,1-4H3,(H,39,43)(H,41,42)(H2,37,38,40);8-11,15H,12H2,1-7H3,(H,22,25)(H,23,24);2-10,17H,1H3,(H2,24,25,26);2-9,14,19H,1H3;1H,(H2,7,8,9)/t26-,28+;15-;17-;14-;/m0011./s1. The van der Waals surface area contributed by atoms with Crippen LogP contribution < -0.4 is 42.8 Å². The predicted molar refractivity (Wildman–Crippen MR) is 471 cm³/mol. The zero-order chi connectivity index (χ0) is 94.8. The van der Waals surface area contributed by atoms with Crippen molar-refractivity contribution < 1.29 is 102 Å². The van der Waals surface area contributed by atoms with E-state index in [1.165, 1.54) is 48.5 Å². The number of amides is 2. The number of nitrogens with two attached hydrogens (primary N) is 3. The summed E-state index contributed by atoms with van der Waals surface area (Å²) in [6, 6.07) is 55.8. The summed E-state index contributed by atoms with van der Waals surface area (Å²) >= 11 is 16.6. The van der Waals surface area contributed by atoms with E-state index >= 15 is 0 Å². The maximum absolute atomic E-state index is 14.2. The molecule has 1 saturated heterocycles. The van der Waals surface area contributed by atoms with Crippen LogP contribution in [-0.2, 0) is 41.2 Å². The summed E-state index contributed by atoms with van der Waals surface area (Å²) in [6.45, 7) is 23.9. The molecular formula is C91H94BCl3F9N11O13. The van der Waals surface area contributed by atoms with Gasteiger partial charge in [0.05, 0.1) is 16.9 Å². The summed E-state index contributed by atoms with van der Waals surface area (Å²) in [5.41, 5.74) is 24.9. The number of aliphatic carboxylic acids is 2. The molecule has 1 aliphatic heterocycles. The second kappa shape index (κ2) is 43.0. The number of hydrogen-bond donors (Lipinski definition) is 8. The minimum atomic E-state index is -4.76. The third-order valence-electron chi connectivity index (χ3n) is 18.8. The number of aliphatic hydroxyl groups excluding tert-OH is 1. The average Bonchev–Trinajstić information content (AvgIpc) is 1.62. The van der Waals surface area contributed by atoms with Gasteiger partial charge in [0.15, 0.2) is 6.10 Å². The number of carbonyl (C=O) groups is 4. The van der Waals surface area contributed by atoms with E-state index in [0.29, 0.717) is 11.1 Å². The number of alkyl carbamates (subject to hydrolysis) is 2. The van der Waals surface area contributed by atoms with Crippen molar-refractivity contribution in [3.8, 4) is 56.4 Å². The van der Waals surface area contributed by atoms with Gasteiger partial charge >= 0.3 is 49.8 Å². The van der Waals surface area contributed by atoms with Crippen LogP contribution in [0.4, 0.5) is 66.9 Å². The molecule has 24 nitrogen and oxygen atoms in total. The number of nitrogens with zero attached hydrogens (tertiary/aromatic N) is 6. The van der Waals surface area contributed by atoms with E-state index in [1.54, 1.807) is 102 Å². The highest BCUT2D eigenvalue weighted by atomic mass is 35.5. The molecule has 4 heterocycles. The Kier molecular flexibility index (Phi) is 33.9. The minimum absolute atomic E-state index is 0.0505. The van der Waals surface area contributed by atoms with Crippen LogP contribution in [0.1, 0.15) is 132 Å². The molecule has 11 N–H and O–H groups in total. The van der Waals surface area contributed by atoms with E-state index in [4.69, 9.17) is 85.4 Å². The molecule has 1 aliphatic rings. The summed E-state index contributed by atoms with van der Waals surface area (Å²) in [6.07, 6.45) is -22.6. The third-order valence-corrected chi connectivity index (χ3v) is 19.4. The number of rotatable bonds is 20. The molecule has 0 unspecified atom stereocenters. The zero-order valence-corrected chi connectivity index (χ0v) is 73.7. The number of nitrogens with one attached hydrogen (secondary N) is 2. The average molecular weight is 1840 g/mol. The van der Waals surface area contributed by atoms with E-state index in [1.807, 2.05) is 146 Å². The summed E-state index contributed by atoms with van der Waals surface area (Å²) < 4.78 is 153. The summed E-state index contributed by atoms with van der Waals surface area (Å²) in [7, 11) is -0.478. The first-order valence-electron chi connectivity index (χ1n) is 39.2. The number of aliphatic hydroxyl groups is 1. The number of halogens is 12.